The fourth-order valence-electron chi connectivity index (χ4n) is 11.3. The SMILES string of the molecule is [2H]c1cc2c3c(c1)N(c1ccc(C(C)(C)C)cc1)c1c(cc4oc5ccccc5c4c1N(c1ccc(C(C)(C)C)cc1)c1ccc(C(C)(C)C)cc1)B3c1cc(C(C)(C)C)ccc1N2c1ccc(C(C)(C)C)cc1. The first-order valence-corrected chi connectivity index (χ1v) is 26.4. The summed E-state index contributed by atoms with van der Waals surface area (Å²) in [5.41, 5.74) is 20.7. The zero-order valence-electron chi connectivity index (χ0n) is 46.8. The molecule has 1 aromatic heterocycles. The fourth-order valence-corrected chi connectivity index (χ4v) is 11.3. The van der Waals surface area contributed by atoms with Crippen LogP contribution in [0.5, 0.6) is 0 Å². The van der Waals surface area contributed by atoms with E-state index >= 15 is 0 Å². The third-order valence-electron chi connectivity index (χ3n) is 15.6. The van der Waals surface area contributed by atoms with Crippen LogP contribution in [-0.4, -0.2) is 6.71 Å². The molecule has 0 spiro atoms. The summed E-state index contributed by atoms with van der Waals surface area (Å²) in [7, 11) is 0. The van der Waals surface area contributed by atoms with Crippen LogP contribution in [0.2, 0.25) is 0 Å². The quantitative estimate of drug-likeness (QED) is 0.160. The van der Waals surface area contributed by atoms with Gasteiger partial charge in [0.25, 0.3) is 6.71 Å². The van der Waals surface area contributed by atoms with Crippen molar-refractivity contribution >= 4 is 96.2 Å². The molecule has 0 amide bonds. The topological polar surface area (TPSA) is 22.9 Å². The van der Waals surface area contributed by atoms with E-state index in [0.29, 0.717) is 6.04 Å². The number of hydrogen-bond donors (Lipinski definition) is 0. The summed E-state index contributed by atoms with van der Waals surface area (Å²) in [6.45, 7) is 34.1. The largest absolute Gasteiger partial charge is 0.456 e. The van der Waals surface area contributed by atoms with E-state index in [0.717, 1.165) is 78.6 Å². The second-order valence-corrected chi connectivity index (χ2v) is 25.9. The van der Waals surface area contributed by atoms with E-state index < -0.39 is 0 Å². The molecule has 73 heavy (non-hydrogen) atoms. The normalized spacial score (nSPS) is 14.1. The molecule has 368 valence electrons. The molecule has 0 bridgehead atoms. The number of rotatable bonds is 5. The van der Waals surface area contributed by atoms with E-state index in [1.165, 1.54) is 38.7 Å². The second kappa shape index (κ2) is 16.8. The zero-order valence-corrected chi connectivity index (χ0v) is 45.8. The van der Waals surface area contributed by atoms with Crippen LogP contribution in [0.3, 0.4) is 0 Å². The van der Waals surface area contributed by atoms with E-state index in [1.54, 1.807) is 0 Å². The molecule has 0 N–H and O–H groups in total. The number of benzene rings is 8. The van der Waals surface area contributed by atoms with Gasteiger partial charge in [-0.3, -0.25) is 0 Å². The molecule has 0 saturated heterocycles. The monoisotopic (exact) mass is 959 g/mol. The molecule has 0 radical (unpaired) electrons. The van der Waals surface area contributed by atoms with Crippen molar-refractivity contribution in [2.75, 3.05) is 14.7 Å². The van der Waals surface area contributed by atoms with Crippen molar-refractivity contribution in [2.45, 2.75) is 131 Å². The molecule has 3 heterocycles. The predicted octanol–water partition coefficient (Wildman–Crippen LogP) is 17.6. The average molecular weight is 959 g/mol. The first-order valence-electron chi connectivity index (χ1n) is 26.9. The number of para-hydroxylation sites is 1. The summed E-state index contributed by atoms with van der Waals surface area (Å²) in [6.07, 6.45) is 0. The van der Waals surface area contributed by atoms with Crippen molar-refractivity contribution in [1.82, 2.24) is 0 Å². The third kappa shape index (κ3) is 8.24. The van der Waals surface area contributed by atoms with Crippen LogP contribution in [0.15, 0.2) is 168 Å². The molecule has 11 rings (SSSR count). The highest BCUT2D eigenvalue weighted by Gasteiger charge is 2.46. The Labute approximate surface area is 437 Å². The van der Waals surface area contributed by atoms with Crippen molar-refractivity contribution in [1.29, 1.82) is 0 Å². The molecule has 0 aliphatic carbocycles. The minimum absolute atomic E-state index is 0.00507. The lowest BCUT2D eigenvalue weighted by atomic mass is 9.33. The molecule has 9 aromatic rings. The fraction of sp³-hybridized carbons (Fsp3) is 0.294. The molecule has 0 atom stereocenters. The van der Waals surface area contributed by atoms with Crippen LogP contribution >= 0.6 is 0 Å². The predicted molar refractivity (Wildman–Crippen MR) is 316 cm³/mol. The highest BCUT2D eigenvalue weighted by atomic mass is 16.3. The summed E-state index contributed by atoms with van der Waals surface area (Å²) in [6, 6.07) is 59.4. The Morgan fingerprint density at radius 1 is 0.425 bits per heavy atom. The Hall–Kier alpha value is -6.98. The van der Waals surface area contributed by atoms with E-state index in [1.807, 2.05) is 0 Å². The maximum Gasteiger partial charge on any atom is 0.252 e. The van der Waals surface area contributed by atoms with Gasteiger partial charge in [0, 0.05) is 45.2 Å². The van der Waals surface area contributed by atoms with Gasteiger partial charge in [0.05, 0.1) is 18.1 Å². The second-order valence-electron chi connectivity index (χ2n) is 25.9. The Kier molecular flexibility index (Phi) is 10.8. The van der Waals surface area contributed by atoms with Gasteiger partial charge in [-0.15, -0.1) is 0 Å². The summed E-state index contributed by atoms with van der Waals surface area (Å²) < 4.78 is 17.0. The highest BCUT2D eigenvalue weighted by Crippen LogP contribution is 2.54. The zero-order chi connectivity index (χ0) is 52.6. The minimum atomic E-state index is -0.229. The smallest absolute Gasteiger partial charge is 0.252 e. The molecular formula is C68H72BN3O. The third-order valence-corrected chi connectivity index (χ3v) is 15.6. The minimum Gasteiger partial charge on any atom is -0.456 e. The number of hydrogen-bond acceptors (Lipinski definition) is 4. The Bertz CT molecular complexity index is 3570. The van der Waals surface area contributed by atoms with Crippen LogP contribution in [0.25, 0.3) is 21.9 Å². The van der Waals surface area contributed by atoms with Gasteiger partial charge < -0.3 is 19.1 Å². The molecule has 2 aliphatic rings. The van der Waals surface area contributed by atoms with Gasteiger partial charge in [-0.1, -0.05) is 189 Å². The summed E-state index contributed by atoms with van der Waals surface area (Å²) >= 11 is 0. The molecule has 0 saturated carbocycles. The Morgan fingerprint density at radius 2 is 0.863 bits per heavy atom. The van der Waals surface area contributed by atoms with Crippen LogP contribution in [0.4, 0.5) is 51.2 Å². The van der Waals surface area contributed by atoms with Gasteiger partial charge in [0.1, 0.15) is 11.2 Å². The summed E-state index contributed by atoms with van der Waals surface area (Å²) in [5.74, 6) is 0. The number of furan rings is 1. The van der Waals surface area contributed by atoms with Crippen LogP contribution in [0, 0.1) is 0 Å². The standard InChI is InChI=1S/C68H72BN3O/c1-64(2,3)43-23-32-48(33-24-43)70(49-34-25-44(26-35-49)65(4,5)6)63-60-52-19-16-17-22-58(52)73-59(60)42-54-62(63)72(51-38-29-46(30-39-51)67(10,11)12)57-21-18-20-56-61(57)69(54)53-41-47(68(13,14)15)31-40-55(53)71(56)50-36-27-45(28-37-50)66(7,8)9/h16-42H,1-15H3/i18D. The van der Waals surface area contributed by atoms with Gasteiger partial charge >= 0.3 is 0 Å². The lowest BCUT2D eigenvalue weighted by molar-refractivity contribution is 0.590. The van der Waals surface area contributed by atoms with Crippen molar-refractivity contribution in [2.24, 2.45) is 0 Å². The van der Waals surface area contributed by atoms with Gasteiger partial charge in [-0.05, 0) is 150 Å². The molecule has 0 unspecified atom stereocenters. The van der Waals surface area contributed by atoms with Crippen molar-refractivity contribution < 1.29 is 5.79 Å². The number of nitrogens with zero attached hydrogens (tertiary/aromatic N) is 3. The van der Waals surface area contributed by atoms with Gasteiger partial charge in [-0.25, -0.2) is 0 Å². The molecule has 2 aliphatic heterocycles. The van der Waals surface area contributed by atoms with Crippen molar-refractivity contribution in [3.63, 3.8) is 0 Å². The summed E-state index contributed by atoms with van der Waals surface area (Å²) in [5, 5.41) is 2.09. The lowest BCUT2D eigenvalue weighted by Crippen LogP contribution is -2.61. The first kappa shape index (κ1) is 47.1. The van der Waals surface area contributed by atoms with E-state index in [4.69, 9.17) is 4.42 Å². The first-order chi connectivity index (χ1) is 34.8. The van der Waals surface area contributed by atoms with E-state index in [9.17, 15) is 1.37 Å². The lowest BCUT2D eigenvalue weighted by Gasteiger charge is -2.46. The molecule has 4 nitrogen and oxygen atoms in total. The maximum absolute atomic E-state index is 9.87. The van der Waals surface area contributed by atoms with Crippen LogP contribution < -0.4 is 31.1 Å². The Balaban J connectivity index is 1.32. The van der Waals surface area contributed by atoms with Crippen molar-refractivity contribution in [3.8, 4) is 0 Å². The average Bonchev–Trinajstić information content (AvgIpc) is 3.71. The Morgan fingerprint density at radius 3 is 1.36 bits per heavy atom. The number of anilines is 9. The molecular weight excluding hydrogens is 886 g/mol. The van der Waals surface area contributed by atoms with Gasteiger partial charge in [-0.2, -0.15) is 0 Å². The van der Waals surface area contributed by atoms with Crippen LogP contribution in [-0.2, 0) is 27.1 Å². The van der Waals surface area contributed by atoms with E-state index in [2.05, 4.69) is 276 Å². The van der Waals surface area contributed by atoms with Crippen molar-refractivity contribution in [3.05, 3.63) is 192 Å². The highest BCUT2D eigenvalue weighted by molar-refractivity contribution is 7.00. The molecule has 8 aromatic carbocycles. The number of fused-ring (bicyclic) bond motifs is 7. The maximum atomic E-state index is 9.87. The van der Waals surface area contributed by atoms with E-state index in [-0.39, 0.29) is 33.8 Å². The van der Waals surface area contributed by atoms with Gasteiger partial charge in [0.2, 0.25) is 0 Å². The van der Waals surface area contributed by atoms with Gasteiger partial charge in [0.15, 0.2) is 0 Å². The molecule has 0 fully saturated rings. The van der Waals surface area contributed by atoms with Crippen LogP contribution in [0.1, 0.15) is 133 Å². The molecule has 5 heteroatoms. The summed E-state index contributed by atoms with van der Waals surface area (Å²) in [4.78, 5) is 7.41.